The second kappa shape index (κ2) is 7.93. The maximum atomic E-state index is 12.7. The average molecular weight is 443 g/mol. The lowest BCUT2D eigenvalue weighted by atomic mass is 10.0. The molecule has 3 rings (SSSR count). The van der Waals surface area contributed by atoms with Crippen molar-refractivity contribution in [3.05, 3.63) is 52.5 Å². The summed E-state index contributed by atoms with van der Waals surface area (Å²) in [5.41, 5.74) is 2.63. The van der Waals surface area contributed by atoms with E-state index in [1.165, 1.54) is 16.4 Å². The molecule has 9 heteroatoms. The quantitative estimate of drug-likeness (QED) is 0.734. The number of aryl methyl sites for hydroxylation is 2. The average Bonchev–Trinajstić information content (AvgIpc) is 2.62. The van der Waals surface area contributed by atoms with Crippen molar-refractivity contribution < 1.29 is 16.8 Å². The first kappa shape index (κ1) is 21.0. The van der Waals surface area contributed by atoms with Crippen molar-refractivity contribution in [1.82, 2.24) is 0 Å². The second-order valence-electron chi connectivity index (χ2n) is 6.85. The number of hydrogen-bond donors (Lipinski definition) is 1. The van der Waals surface area contributed by atoms with Gasteiger partial charge < -0.3 is 0 Å². The third-order valence-electron chi connectivity index (χ3n) is 4.66. The van der Waals surface area contributed by atoms with Gasteiger partial charge in [0.05, 0.1) is 16.3 Å². The predicted molar refractivity (Wildman–Crippen MR) is 113 cm³/mol. The lowest BCUT2D eigenvalue weighted by Crippen LogP contribution is -2.37. The third-order valence-corrected chi connectivity index (χ3v) is 8.42. The fourth-order valence-electron chi connectivity index (χ4n) is 3.24. The van der Waals surface area contributed by atoms with Crippen LogP contribution in [0.4, 0.5) is 11.4 Å². The Morgan fingerprint density at radius 2 is 1.86 bits per heavy atom. The summed E-state index contributed by atoms with van der Waals surface area (Å²) in [6.07, 6.45) is 1.93. The van der Waals surface area contributed by atoms with E-state index in [9.17, 15) is 16.8 Å². The number of anilines is 2. The van der Waals surface area contributed by atoms with Crippen molar-refractivity contribution in [2.24, 2.45) is 0 Å². The van der Waals surface area contributed by atoms with Gasteiger partial charge in [0, 0.05) is 17.3 Å². The number of fused-ring (bicyclic) bond motifs is 1. The van der Waals surface area contributed by atoms with E-state index in [-0.39, 0.29) is 10.6 Å². The molecular formula is C19H23ClN2O4S2. The number of nitrogens with zero attached hydrogens (tertiary/aromatic N) is 1. The van der Waals surface area contributed by atoms with E-state index in [2.05, 4.69) is 4.72 Å². The summed E-state index contributed by atoms with van der Waals surface area (Å²) < 4.78 is 54.3. The van der Waals surface area contributed by atoms with E-state index in [1.54, 1.807) is 31.2 Å². The van der Waals surface area contributed by atoms with Crippen LogP contribution in [0.15, 0.2) is 41.3 Å². The largest absolute Gasteiger partial charge is 0.280 e. The normalized spacial score (nSPS) is 14.6. The Morgan fingerprint density at radius 1 is 1.11 bits per heavy atom. The van der Waals surface area contributed by atoms with E-state index in [4.69, 9.17) is 11.6 Å². The van der Waals surface area contributed by atoms with Gasteiger partial charge in [-0.05, 0) is 67.6 Å². The summed E-state index contributed by atoms with van der Waals surface area (Å²) in [7, 11) is -7.16. The second-order valence-corrected chi connectivity index (χ2v) is 11.0. The third kappa shape index (κ3) is 4.29. The molecule has 1 heterocycles. The fraction of sp³-hybridized carbons (Fsp3) is 0.368. The molecule has 1 aliphatic rings. The molecule has 2 aromatic carbocycles. The summed E-state index contributed by atoms with van der Waals surface area (Å²) in [4.78, 5) is 0.0768. The topological polar surface area (TPSA) is 83.6 Å². The number of sulfonamides is 2. The maximum Gasteiger partial charge on any atom is 0.261 e. The molecule has 0 spiro atoms. The molecule has 0 bridgehead atoms. The van der Waals surface area contributed by atoms with Gasteiger partial charge in [-0.2, -0.15) is 0 Å². The van der Waals surface area contributed by atoms with E-state index in [0.717, 1.165) is 11.1 Å². The zero-order chi connectivity index (χ0) is 20.5. The van der Waals surface area contributed by atoms with Crippen LogP contribution in [0.25, 0.3) is 0 Å². The summed E-state index contributed by atoms with van der Waals surface area (Å²) in [5, 5.41) is 0.380. The van der Waals surface area contributed by atoms with Gasteiger partial charge in [0.1, 0.15) is 0 Å². The van der Waals surface area contributed by atoms with Crippen LogP contribution in [0.5, 0.6) is 0 Å². The lowest BCUT2D eigenvalue weighted by molar-refractivity contribution is 0.585. The van der Waals surface area contributed by atoms with Crippen molar-refractivity contribution in [2.75, 3.05) is 21.3 Å². The minimum atomic E-state index is -3.80. The maximum absolute atomic E-state index is 12.7. The molecule has 0 fully saturated rings. The van der Waals surface area contributed by atoms with Crippen molar-refractivity contribution in [2.45, 2.75) is 38.0 Å². The highest BCUT2D eigenvalue weighted by atomic mass is 35.5. The molecule has 152 valence electrons. The first-order valence-corrected chi connectivity index (χ1v) is 12.5. The Morgan fingerprint density at radius 3 is 2.54 bits per heavy atom. The summed E-state index contributed by atoms with van der Waals surface area (Å²) >= 11 is 6.05. The standard InChI is InChI=1S/C19H23ClN2O4S2/c1-3-11-27(23,24)22-10-4-5-15-12-16(7-9-19(15)22)21-28(25,26)17-8-6-14(2)18(20)13-17/h6-9,12-13,21H,3-5,10-11H2,1-2H3. The Labute approximate surface area is 171 Å². The molecule has 0 aliphatic carbocycles. The van der Waals surface area contributed by atoms with Crippen molar-refractivity contribution >= 4 is 43.0 Å². The number of nitrogens with one attached hydrogen (secondary N) is 1. The van der Waals surface area contributed by atoms with Crippen LogP contribution in [0.1, 0.15) is 30.9 Å². The molecule has 0 aromatic heterocycles. The van der Waals surface area contributed by atoms with Crippen LogP contribution in [0.2, 0.25) is 5.02 Å². The van der Waals surface area contributed by atoms with Gasteiger partial charge in [-0.3, -0.25) is 9.03 Å². The van der Waals surface area contributed by atoms with Crippen LogP contribution in [-0.2, 0) is 26.5 Å². The Balaban J connectivity index is 1.90. The van der Waals surface area contributed by atoms with Gasteiger partial charge in [0.15, 0.2) is 0 Å². The molecule has 1 aliphatic heterocycles. The van der Waals surface area contributed by atoms with Gasteiger partial charge in [0.2, 0.25) is 10.0 Å². The van der Waals surface area contributed by atoms with Gasteiger partial charge in [-0.1, -0.05) is 24.6 Å². The summed E-state index contributed by atoms with van der Waals surface area (Å²) in [6.45, 7) is 4.08. The highest BCUT2D eigenvalue weighted by Gasteiger charge is 2.27. The Hall–Kier alpha value is -1.77. The molecule has 28 heavy (non-hydrogen) atoms. The van der Waals surface area contributed by atoms with Crippen molar-refractivity contribution in [3.8, 4) is 0 Å². The van der Waals surface area contributed by atoms with Crippen LogP contribution in [-0.4, -0.2) is 29.1 Å². The molecule has 0 unspecified atom stereocenters. The van der Waals surface area contributed by atoms with Crippen LogP contribution >= 0.6 is 11.6 Å². The summed E-state index contributed by atoms with van der Waals surface area (Å²) in [5.74, 6) is 0.0923. The molecular weight excluding hydrogens is 420 g/mol. The van der Waals surface area contributed by atoms with E-state index >= 15 is 0 Å². The molecule has 0 radical (unpaired) electrons. The zero-order valence-corrected chi connectivity index (χ0v) is 18.2. The van der Waals surface area contributed by atoms with Gasteiger partial charge in [0.25, 0.3) is 10.0 Å². The summed E-state index contributed by atoms with van der Waals surface area (Å²) in [6, 6.07) is 9.53. The first-order chi connectivity index (χ1) is 13.1. The molecule has 0 atom stereocenters. The Kier molecular flexibility index (Phi) is 5.93. The SMILES string of the molecule is CCCS(=O)(=O)N1CCCc2cc(NS(=O)(=O)c3ccc(C)c(Cl)c3)ccc21. The first-order valence-electron chi connectivity index (χ1n) is 9.06. The molecule has 6 nitrogen and oxygen atoms in total. The number of rotatable bonds is 6. The van der Waals surface area contributed by atoms with Gasteiger partial charge in [-0.25, -0.2) is 16.8 Å². The molecule has 1 N–H and O–H groups in total. The highest BCUT2D eigenvalue weighted by Crippen LogP contribution is 2.32. The molecule has 0 saturated heterocycles. The minimum absolute atomic E-state index is 0.0768. The van der Waals surface area contributed by atoms with Gasteiger partial charge >= 0.3 is 0 Å². The van der Waals surface area contributed by atoms with Crippen molar-refractivity contribution in [1.29, 1.82) is 0 Å². The van der Waals surface area contributed by atoms with E-state index in [1.807, 2.05) is 6.92 Å². The lowest BCUT2D eigenvalue weighted by Gasteiger charge is -2.30. The molecule has 0 saturated carbocycles. The minimum Gasteiger partial charge on any atom is -0.280 e. The van der Waals surface area contributed by atoms with Crippen molar-refractivity contribution in [3.63, 3.8) is 0 Å². The molecule has 2 aromatic rings. The predicted octanol–water partition coefficient (Wildman–Crippen LogP) is 3.94. The highest BCUT2D eigenvalue weighted by molar-refractivity contribution is 7.93. The van der Waals surface area contributed by atoms with Crippen LogP contribution in [0, 0.1) is 6.92 Å². The zero-order valence-electron chi connectivity index (χ0n) is 15.8. The Bertz CT molecular complexity index is 1100. The van der Waals surface area contributed by atoms with Crippen LogP contribution < -0.4 is 9.03 Å². The number of halogens is 1. The molecule has 0 amide bonds. The number of hydrogen-bond acceptors (Lipinski definition) is 4. The number of benzene rings is 2. The van der Waals surface area contributed by atoms with Gasteiger partial charge in [-0.15, -0.1) is 0 Å². The van der Waals surface area contributed by atoms with Crippen LogP contribution in [0.3, 0.4) is 0 Å². The van der Waals surface area contributed by atoms with E-state index in [0.29, 0.717) is 42.2 Å². The smallest absolute Gasteiger partial charge is 0.261 e. The monoisotopic (exact) mass is 442 g/mol. The van der Waals surface area contributed by atoms with E-state index < -0.39 is 20.0 Å². The fourth-order valence-corrected chi connectivity index (χ4v) is 6.18.